The van der Waals surface area contributed by atoms with Gasteiger partial charge >= 0.3 is 5.88 Å². The fourth-order valence-corrected chi connectivity index (χ4v) is 1.81. The van der Waals surface area contributed by atoms with Gasteiger partial charge in [-0.3, -0.25) is 14.9 Å². The minimum atomic E-state index is -0.636. The summed E-state index contributed by atoms with van der Waals surface area (Å²) in [7, 11) is 0. The maximum Gasteiger partial charge on any atom is 0.433 e. The number of amides is 1. The molecule has 1 heterocycles. The zero-order chi connectivity index (χ0) is 16.8. The van der Waals surface area contributed by atoms with Gasteiger partial charge in [0.1, 0.15) is 10.7 Å². The summed E-state index contributed by atoms with van der Waals surface area (Å²) in [4.78, 5) is 21.6. The molecular weight excluding hydrogens is 345 g/mol. The summed E-state index contributed by atoms with van der Waals surface area (Å²) in [5.74, 6) is -0.518. The molecule has 1 aromatic heterocycles. The fourth-order valence-electron chi connectivity index (χ4n) is 1.51. The molecule has 23 heavy (non-hydrogen) atoms. The quantitative estimate of drug-likeness (QED) is 0.500. The third-order valence-corrected chi connectivity index (χ3v) is 3.30. The Morgan fingerprint density at radius 3 is 2.70 bits per heavy atom. The number of halogens is 2. The molecular formula is C14H9Cl2N3O4. The van der Waals surface area contributed by atoms with E-state index in [2.05, 4.69) is 10.5 Å². The van der Waals surface area contributed by atoms with Crippen LogP contribution in [-0.2, 0) is 0 Å². The Labute approximate surface area is 140 Å². The second kappa shape index (κ2) is 7.57. The number of allylic oxidation sites excluding steroid dienone is 1. The van der Waals surface area contributed by atoms with E-state index in [1.54, 1.807) is 0 Å². The van der Waals surface area contributed by atoms with Gasteiger partial charge in [0.25, 0.3) is 5.91 Å². The lowest BCUT2D eigenvalue weighted by Gasteiger charge is -2.01. The maximum atomic E-state index is 11.8. The average molecular weight is 354 g/mol. The summed E-state index contributed by atoms with van der Waals surface area (Å²) in [6, 6.07) is 7.12. The molecule has 0 aliphatic carbocycles. The molecule has 0 spiro atoms. The number of carbonyl (C=O) groups excluding carboxylic acids is 1. The Bertz CT molecular complexity index is 799. The summed E-state index contributed by atoms with van der Waals surface area (Å²) in [5.41, 5.74) is 2.60. The van der Waals surface area contributed by atoms with E-state index in [0.717, 1.165) is 0 Å². The highest BCUT2D eigenvalue weighted by atomic mass is 35.5. The lowest BCUT2D eigenvalue weighted by molar-refractivity contribution is -0.402. The number of nitro groups is 1. The van der Waals surface area contributed by atoms with Crippen molar-refractivity contribution in [1.82, 2.24) is 5.43 Å². The van der Waals surface area contributed by atoms with E-state index in [1.807, 2.05) is 0 Å². The van der Waals surface area contributed by atoms with E-state index in [4.69, 9.17) is 27.6 Å². The second-order valence-corrected chi connectivity index (χ2v) is 4.95. The molecule has 9 heteroatoms. The second-order valence-electron chi connectivity index (χ2n) is 4.14. The van der Waals surface area contributed by atoms with E-state index in [1.165, 1.54) is 48.7 Å². The number of benzene rings is 1. The first-order chi connectivity index (χ1) is 11.0. The molecule has 1 amide bonds. The minimum absolute atomic E-state index is 0.266. The molecule has 0 unspecified atom stereocenters. The Kier molecular flexibility index (Phi) is 5.51. The Morgan fingerprint density at radius 2 is 2.04 bits per heavy atom. The van der Waals surface area contributed by atoms with Gasteiger partial charge in [-0.25, -0.2) is 5.43 Å². The van der Waals surface area contributed by atoms with Crippen LogP contribution in [0, 0.1) is 10.1 Å². The zero-order valence-electron chi connectivity index (χ0n) is 11.4. The van der Waals surface area contributed by atoms with Crippen molar-refractivity contribution in [3.05, 3.63) is 67.9 Å². The number of nitrogens with zero attached hydrogens (tertiary/aromatic N) is 2. The molecule has 0 radical (unpaired) electrons. The molecule has 0 fully saturated rings. The molecule has 0 atom stereocenters. The zero-order valence-corrected chi connectivity index (χ0v) is 12.9. The van der Waals surface area contributed by atoms with Crippen LogP contribution in [-0.4, -0.2) is 17.0 Å². The van der Waals surface area contributed by atoms with Gasteiger partial charge in [0, 0.05) is 11.8 Å². The van der Waals surface area contributed by atoms with Crippen molar-refractivity contribution >= 4 is 47.3 Å². The molecule has 0 bridgehead atoms. The topological polar surface area (TPSA) is 97.7 Å². The highest BCUT2D eigenvalue weighted by Crippen LogP contribution is 2.22. The van der Waals surface area contributed by atoms with Gasteiger partial charge in [0.05, 0.1) is 16.1 Å². The van der Waals surface area contributed by atoms with Crippen LogP contribution in [0.15, 0.2) is 45.9 Å². The first kappa shape index (κ1) is 16.7. The van der Waals surface area contributed by atoms with Gasteiger partial charge in [0.15, 0.2) is 0 Å². The van der Waals surface area contributed by atoms with Crippen LogP contribution in [0.1, 0.15) is 16.1 Å². The summed E-state index contributed by atoms with van der Waals surface area (Å²) < 4.78 is 4.90. The van der Waals surface area contributed by atoms with Gasteiger partial charge in [-0.05, 0) is 36.4 Å². The van der Waals surface area contributed by atoms with Crippen LogP contribution in [0.25, 0.3) is 6.08 Å². The normalized spacial score (nSPS) is 11.2. The molecule has 0 aliphatic rings. The smallest absolute Gasteiger partial charge is 0.401 e. The van der Waals surface area contributed by atoms with E-state index >= 15 is 0 Å². The van der Waals surface area contributed by atoms with Gasteiger partial charge in [0.2, 0.25) is 0 Å². The van der Waals surface area contributed by atoms with Crippen molar-refractivity contribution in [2.75, 3.05) is 0 Å². The van der Waals surface area contributed by atoms with Crippen LogP contribution >= 0.6 is 23.2 Å². The minimum Gasteiger partial charge on any atom is -0.401 e. The third-order valence-electron chi connectivity index (χ3n) is 2.56. The summed E-state index contributed by atoms with van der Waals surface area (Å²) in [6.45, 7) is 0. The largest absolute Gasteiger partial charge is 0.433 e. The highest BCUT2D eigenvalue weighted by Gasteiger charge is 2.09. The number of hydrogen-bond donors (Lipinski definition) is 1. The van der Waals surface area contributed by atoms with Gasteiger partial charge < -0.3 is 4.42 Å². The molecule has 118 valence electrons. The van der Waals surface area contributed by atoms with E-state index < -0.39 is 10.8 Å². The number of rotatable bonds is 5. The monoisotopic (exact) mass is 353 g/mol. The molecule has 0 saturated heterocycles. The molecule has 7 nitrogen and oxygen atoms in total. The fraction of sp³-hybridized carbons (Fsp3) is 0. The molecule has 0 aliphatic heterocycles. The van der Waals surface area contributed by atoms with Crippen molar-refractivity contribution in [2.45, 2.75) is 0 Å². The highest BCUT2D eigenvalue weighted by molar-refractivity contribution is 6.42. The summed E-state index contributed by atoms with van der Waals surface area (Å²) >= 11 is 11.6. The van der Waals surface area contributed by atoms with Crippen molar-refractivity contribution in [3.8, 4) is 0 Å². The van der Waals surface area contributed by atoms with Crippen LogP contribution in [0.2, 0.25) is 10.0 Å². The molecule has 2 aromatic rings. The Balaban J connectivity index is 1.90. The van der Waals surface area contributed by atoms with E-state index in [9.17, 15) is 14.9 Å². The van der Waals surface area contributed by atoms with Crippen LogP contribution in [0.3, 0.4) is 0 Å². The predicted octanol–water partition coefficient (Wildman–Crippen LogP) is 3.92. The van der Waals surface area contributed by atoms with Crippen molar-refractivity contribution in [1.29, 1.82) is 0 Å². The van der Waals surface area contributed by atoms with Gasteiger partial charge in [-0.15, -0.1) is 0 Å². The van der Waals surface area contributed by atoms with Gasteiger partial charge in [-0.2, -0.15) is 5.10 Å². The number of nitrogens with one attached hydrogen (secondary N) is 1. The van der Waals surface area contributed by atoms with Crippen LogP contribution < -0.4 is 5.43 Å². The molecule has 2 rings (SSSR count). The van der Waals surface area contributed by atoms with Crippen molar-refractivity contribution in [3.63, 3.8) is 0 Å². The standard InChI is InChI=1S/C14H9Cl2N3O4/c15-11-5-3-9(8-12(11)16)14(20)18-17-7-1-2-10-4-6-13(23-10)19(21)22/h1-8H,(H,18,20)/b2-1+,17-7+. The molecule has 1 N–H and O–H groups in total. The van der Waals surface area contributed by atoms with E-state index in [-0.39, 0.29) is 10.9 Å². The van der Waals surface area contributed by atoms with Crippen molar-refractivity contribution in [2.24, 2.45) is 5.10 Å². The van der Waals surface area contributed by atoms with Crippen LogP contribution in [0.4, 0.5) is 5.88 Å². The Morgan fingerprint density at radius 1 is 1.26 bits per heavy atom. The lowest BCUT2D eigenvalue weighted by Crippen LogP contribution is -2.17. The average Bonchev–Trinajstić information content (AvgIpc) is 2.98. The van der Waals surface area contributed by atoms with Crippen LogP contribution in [0.5, 0.6) is 0 Å². The van der Waals surface area contributed by atoms with E-state index in [0.29, 0.717) is 16.3 Å². The number of hydrogen-bond acceptors (Lipinski definition) is 5. The first-order valence-corrected chi connectivity index (χ1v) is 6.92. The van der Waals surface area contributed by atoms with Gasteiger partial charge in [-0.1, -0.05) is 23.2 Å². The Hall–Kier alpha value is -2.64. The van der Waals surface area contributed by atoms with Crippen molar-refractivity contribution < 1.29 is 14.1 Å². The lowest BCUT2D eigenvalue weighted by atomic mass is 10.2. The predicted molar refractivity (Wildman–Crippen MR) is 86.8 cm³/mol. The third kappa shape index (κ3) is 4.67. The summed E-state index contributed by atoms with van der Waals surface area (Å²) in [5, 5.41) is 14.8. The first-order valence-electron chi connectivity index (χ1n) is 6.16. The molecule has 0 saturated carbocycles. The number of furan rings is 1. The summed E-state index contributed by atoms with van der Waals surface area (Å²) in [6.07, 6.45) is 4.21. The number of carbonyl (C=O) groups is 1. The SMILES string of the molecule is O=C(N/N=C/C=C/c1ccc([N+](=O)[O-])o1)c1ccc(Cl)c(Cl)c1. The maximum absolute atomic E-state index is 11.8. The number of hydrazone groups is 1. The molecule has 1 aromatic carbocycles.